The maximum Gasteiger partial charge on any atom is 0.481 e. The number of ether oxygens (including phenoxy) is 3. The quantitative estimate of drug-likeness (QED) is 0.0118. The number of phosphoric ester groups is 2. The minimum Gasteiger partial charge on any atom is -0.462 e. The summed E-state index contributed by atoms with van der Waals surface area (Å²) in [5, 5.41) is 31.3. The Balaban J connectivity index is 1.88. The van der Waals surface area contributed by atoms with Crippen molar-refractivity contribution in [3.8, 4) is 0 Å². The summed E-state index contributed by atoms with van der Waals surface area (Å²) in [5.41, 5.74) is 4.56. The molecule has 1 aliphatic heterocycles. The summed E-state index contributed by atoms with van der Waals surface area (Å²) in [4.78, 5) is 61.9. The van der Waals surface area contributed by atoms with Crippen LogP contribution in [0.1, 0.15) is 149 Å². The third-order valence-corrected chi connectivity index (χ3v) is 13.5. The molecule has 0 bridgehead atoms. The number of hydrogen-bond donors (Lipinski definition) is 6. The summed E-state index contributed by atoms with van der Waals surface area (Å²) >= 11 is 0. The smallest absolute Gasteiger partial charge is 0.462 e. The summed E-state index contributed by atoms with van der Waals surface area (Å²) in [6.07, 6.45) is 31.9. The van der Waals surface area contributed by atoms with Gasteiger partial charge in [-0.1, -0.05) is 158 Å². The number of esters is 2. The van der Waals surface area contributed by atoms with E-state index in [-0.39, 0.29) is 25.1 Å². The van der Waals surface area contributed by atoms with Gasteiger partial charge in [0.25, 0.3) is 0 Å². The fraction of sp³-hybridized carbons (Fsp3) is 0.640. The molecule has 71 heavy (non-hydrogen) atoms. The summed E-state index contributed by atoms with van der Waals surface area (Å²) in [6, 6.07) is 1.23. The van der Waals surface area contributed by atoms with Crippen LogP contribution in [0.25, 0.3) is 0 Å². The molecule has 7 N–H and O–H groups in total. The van der Waals surface area contributed by atoms with Crippen LogP contribution in [-0.4, -0.2) is 96.9 Å². The number of aromatic nitrogens is 2. The van der Waals surface area contributed by atoms with Crippen molar-refractivity contribution in [1.82, 2.24) is 9.55 Å². The van der Waals surface area contributed by atoms with Crippen molar-refractivity contribution in [3.05, 3.63) is 95.7 Å². The fourth-order valence-electron chi connectivity index (χ4n) is 6.96. The first-order valence-electron chi connectivity index (χ1n) is 24.9. The van der Waals surface area contributed by atoms with E-state index in [0.717, 1.165) is 68.0 Å². The van der Waals surface area contributed by atoms with E-state index in [4.69, 9.17) is 29.0 Å². The molecule has 1 aromatic heterocycles. The number of unbranched alkanes of at least 4 members (excludes halogenated alkanes) is 9. The van der Waals surface area contributed by atoms with Crippen LogP contribution in [-0.2, 0) is 46.3 Å². The Bertz CT molecular complexity index is 2000. The molecular weight excluding hydrogens is 961 g/mol. The maximum atomic E-state index is 12.9. The van der Waals surface area contributed by atoms with Crippen molar-refractivity contribution < 1.29 is 71.4 Å². The molecule has 0 aromatic carbocycles. The SMILES string of the molecule is CC/C=C\C/C=C\C/C=C\C/C=C\C/C=C\C=C/C(O)CCC(=O)O[C@H](COC(=O)CCCCCCCCCCCCC(C)C)COP(=O)(O)OP(=O)(O)OC[C@H]1O[C@@H](n2ccc(N)nc2=O)[C@H](O)[C@@H]1O. The largest absolute Gasteiger partial charge is 0.481 e. The number of nitrogens with two attached hydrogens (primary N) is 1. The highest BCUT2D eigenvalue weighted by atomic mass is 31.3. The molecule has 1 fully saturated rings. The van der Waals surface area contributed by atoms with Crippen LogP contribution in [0.4, 0.5) is 5.82 Å². The number of carbonyl (C=O) groups excluding carboxylic acids is 2. The minimum atomic E-state index is -5.49. The Morgan fingerprint density at radius 2 is 1.32 bits per heavy atom. The van der Waals surface area contributed by atoms with Crippen molar-refractivity contribution in [1.29, 1.82) is 0 Å². The molecule has 2 heterocycles. The van der Waals surface area contributed by atoms with Gasteiger partial charge in [-0.25, -0.2) is 13.9 Å². The highest BCUT2D eigenvalue weighted by molar-refractivity contribution is 7.61. The number of rotatable bonds is 39. The molecule has 1 saturated heterocycles. The minimum absolute atomic E-state index is 0.0525. The molecule has 0 saturated carbocycles. The number of anilines is 1. The van der Waals surface area contributed by atoms with Gasteiger partial charge in [-0.15, -0.1) is 0 Å². The van der Waals surface area contributed by atoms with Crippen molar-refractivity contribution in [2.45, 2.75) is 180 Å². The third kappa shape index (κ3) is 30.7. The van der Waals surface area contributed by atoms with Gasteiger partial charge in [0.1, 0.15) is 30.7 Å². The van der Waals surface area contributed by atoms with Crippen LogP contribution in [0.5, 0.6) is 0 Å². The van der Waals surface area contributed by atoms with Crippen LogP contribution in [0.15, 0.2) is 90.0 Å². The topological polar surface area (TPSA) is 286 Å². The van der Waals surface area contributed by atoms with E-state index in [2.05, 4.69) is 72.6 Å². The monoisotopic (exact) mass is 1040 g/mol. The number of nitrogens with zero attached hydrogens (tertiary/aromatic N) is 2. The first kappa shape index (κ1) is 63.3. The van der Waals surface area contributed by atoms with Crippen LogP contribution >= 0.6 is 15.6 Å². The number of hydrogen-bond acceptors (Lipinski definition) is 16. The van der Waals surface area contributed by atoms with Gasteiger partial charge in [-0.05, 0) is 56.9 Å². The average molecular weight is 1040 g/mol. The van der Waals surface area contributed by atoms with Crippen molar-refractivity contribution in [2.24, 2.45) is 5.92 Å². The van der Waals surface area contributed by atoms with Crippen LogP contribution in [0.2, 0.25) is 0 Å². The van der Waals surface area contributed by atoms with Crippen molar-refractivity contribution in [2.75, 3.05) is 25.6 Å². The van der Waals surface area contributed by atoms with E-state index >= 15 is 0 Å². The van der Waals surface area contributed by atoms with Crippen molar-refractivity contribution >= 4 is 33.4 Å². The zero-order chi connectivity index (χ0) is 52.3. The highest BCUT2D eigenvalue weighted by Crippen LogP contribution is 2.60. The summed E-state index contributed by atoms with van der Waals surface area (Å²) in [6.45, 7) is 4.07. The number of aliphatic hydroxyl groups excluding tert-OH is 3. The van der Waals surface area contributed by atoms with Gasteiger partial charge in [-0.2, -0.15) is 9.29 Å². The molecule has 1 aliphatic rings. The lowest BCUT2D eigenvalue weighted by molar-refractivity contribution is -0.161. The zero-order valence-electron chi connectivity index (χ0n) is 41.8. The average Bonchev–Trinajstić information content (AvgIpc) is 3.59. The standard InChI is InChI=1S/C50H81N3O16P2/c1-4-5-6-7-8-9-10-11-12-13-14-15-19-22-25-28-31-41(54)33-34-46(56)67-42(37-64-45(55)32-29-26-23-20-17-16-18-21-24-27-30-40(2)3)38-65-70(60,61)69-71(62,63)66-39-43-47(57)48(58)49(68-43)53-36-35-44(51)52-50(53)59/h5-6,8-9,11-12,14-15,22,25,28,31,35-36,40-43,47-49,54,57-58H,4,7,10,13,16-21,23-24,26-27,29-30,32-34,37-39H2,1-3H3,(H,60,61)(H,62,63)(H2,51,52,59)/b6-5-,9-8-,12-11-,15-14-,25-22-,31-28-/t41?,42-,43-,47-,48-,49-/m1/s1. The summed E-state index contributed by atoms with van der Waals surface area (Å²) in [7, 11) is -11.0. The normalized spacial score (nSPS) is 20.3. The number of aliphatic hydroxyl groups is 3. The number of phosphoric acid groups is 2. The molecular formula is C50H81N3O16P2. The van der Waals surface area contributed by atoms with Crippen molar-refractivity contribution in [3.63, 3.8) is 0 Å². The molecule has 19 nitrogen and oxygen atoms in total. The zero-order valence-corrected chi connectivity index (χ0v) is 43.6. The predicted molar refractivity (Wildman–Crippen MR) is 271 cm³/mol. The van der Waals surface area contributed by atoms with Crippen LogP contribution < -0.4 is 11.4 Å². The summed E-state index contributed by atoms with van der Waals surface area (Å²) < 4.78 is 56.5. The molecule has 8 atom stereocenters. The Hall–Kier alpha value is -3.84. The number of allylic oxidation sites excluding steroid dienone is 11. The molecule has 0 aliphatic carbocycles. The lowest BCUT2D eigenvalue weighted by Gasteiger charge is -2.21. The predicted octanol–water partition coefficient (Wildman–Crippen LogP) is 8.94. The lowest BCUT2D eigenvalue weighted by Crippen LogP contribution is -2.36. The van der Waals surface area contributed by atoms with Gasteiger partial charge >= 0.3 is 33.3 Å². The molecule has 0 amide bonds. The highest BCUT2D eigenvalue weighted by Gasteiger charge is 2.46. The van der Waals surface area contributed by atoms with E-state index in [1.165, 1.54) is 50.7 Å². The Morgan fingerprint density at radius 1 is 0.761 bits per heavy atom. The van der Waals surface area contributed by atoms with E-state index in [1.807, 2.05) is 12.2 Å². The third-order valence-electron chi connectivity index (χ3n) is 10.9. The van der Waals surface area contributed by atoms with Gasteiger partial charge in [0.2, 0.25) is 0 Å². The van der Waals surface area contributed by atoms with E-state index in [0.29, 0.717) is 12.8 Å². The Labute approximate surface area is 419 Å². The van der Waals surface area contributed by atoms with Gasteiger partial charge in [0.05, 0.1) is 19.3 Å². The first-order chi connectivity index (χ1) is 33.9. The van der Waals surface area contributed by atoms with Gasteiger partial charge in [-0.3, -0.25) is 23.2 Å². The van der Waals surface area contributed by atoms with Gasteiger partial charge < -0.3 is 45.1 Å². The maximum absolute atomic E-state index is 12.9. The second kappa shape index (κ2) is 37.0. The van der Waals surface area contributed by atoms with Gasteiger partial charge in [0, 0.05) is 19.0 Å². The van der Waals surface area contributed by atoms with Crippen LogP contribution in [0, 0.1) is 5.92 Å². The number of nitrogen functional groups attached to an aromatic ring is 1. The Kier molecular flexibility index (Phi) is 33.0. The molecule has 0 radical (unpaired) electrons. The molecule has 0 spiro atoms. The lowest BCUT2D eigenvalue weighted by atomic mass is 10.0. The molecule has 21 heteroatoms. The van der Waals surface area contributed by atoms with E-state index in [9.17, 15) is 48.6 Å². The first-order valence-corrected chi connectivity index (χ1v) is 27.9. The number of carbonyl (C=O) groups is 2. The molecule has 2 rings (SSSR count). The van der Waals surface area contributed by atoms with Gasteiger partial charge in [0.15, 0.2) is 12.3 Å². The molecule has 1 aromatic rings. The Morgan fingerprint density at radius 3 is 1.92 bits per heavy atom. The summed E-state index contributed by atoms with van der Waals surface area (Å²) in [5.74, 6) is -0.856. The fourth-order valence-corrected chi connectivity index (χ4v) is 9.07. The van der Waals surface area contributed by atoms with Crippen LogP contribution in [0.3, 0.4) is 0 Å². The van der Waals surface area contributed by atoms with E-state index in [1.54, 1.807) is 12.2 Å². The molecule has 402 valence electrons. The second-order valence-electron chi connectivity index (χ2n) is 17.6. The second-order valence-corrected chi connectivity index (χ2v) is 20.7. The molecule has 3 unspecified atom stereocenters. The van der Waals surface area contributed by atoms with E-state index < -0.39 is 89.8 Å².